The van der Waals surface area contributed by atoms with Crippen LogP contribution in [0.15, 0.2) is 36.5 Å². The van der Waals surface area contributed by atoms with E-state index in [1.807, 2.05) is 15.5 Å². The van der Waals surface area contributed by atoms with E-state index in [0.29, 0.717) is 53.4 Å². The molecule has 0 unspecified atom stereocenters. The number of carbonyl (C=O) groups is 2. The summed E-state index contributed by atoms with van der Waals surface area (Å²) in [6.45, 7) is 2.59. The fourth-order valence-corrected chi connectivity index (χ4v) is 4.16. The van der Waals surface area contributed by atoms with Crippen molar-refractivity contribution in [1.29, 1.82) is 5.26 Å². The number of benzene rings is 1. The van der Waals surface area contributed by atoms with E-state index in [9.17, 15) is 9.59 Å². The second-order valence-corrected chi connectivity index (χ2v) is 8.35. The van der Waals surface area contributed by atoms with E-state index in [1.165, 1.54) is 6.07 Å². The summed E-state index contributed by atoms with van der Waals surface area (Å²) in [7, 11) is 1.63. The number of imidazole rings is 1. The molecule has 2 aromatic heterocycles. The van der Waals surface area contributed by atoms with Gasteiger partial charge in [0.2, 0.25) is 5.95 Å². The maximum absolute atomic E-state index is 13.1. The van der Waals surface area contributed by atoms with Crippen molar-refractivity contribution in [3.8, 4) is 6.07 Å². The number of aromatic nitrogens is 3. The summed E-state index contributed by atoms with van der Waals surface area (Å²) in [6, 6.07) is 10.3. The van der Waals surface area contributed by atoms with Gasteiger partial charge in [-0.1, -0.05) is 18.9 Å². The van der Waals surface area contributed by atoms with Crippen LogP contribution in [0.2, 0.25) is 0 Å². The molecule has 1 aliphatic heterocycles. The summed E-state index contributed by atoms with van der Waals surface area (Å²) in [6.07, 6.45) is 6.61. The van der Waals surface area contributed by atoms with Crippen molar-refractivity contribution in [1.82, 2.24) is 19.4 Å². The molecule has 4 rings (SSSR count). The lowest BCUT2D eigenvalue weighted by atomic mass is 10.1. The van der Waals surface area contributed by atoms with Gasteiger partial charge in [0.05, 0.1) is 17.2 Å². The SMILES string of the molecule is COCCCn1c(NC(=O)c2cccc(C#N)c2)nc2cc(C(=O)N3CCCCCC3)cnc21. The predicted molar refractivity (Wildman–Crippen MR) is 128 cm³/mol. The van der Waals surface area contributed by atoms with Gasteiger partial charge in [0.15, 0.2) is 5.65 Å². The molecule has 1 saturated heterocycles. The van der Waals surface area contributed by atoms with E-state index in [4.69, 9.17) is 10.00 Å². The Labute approximate surface area is 198 Å². The number of hydrogen-bond acceptors (Lipinski definition) is 6. The Morgan fingerprint density at radius 2 is 1.94 bits per heavy atom. The molecular weight excluding hydrogens is 432 g/mol. The molecule has 0 saturated carbocycles. The predicted octanol–water partition coefficient (Wildman–Crippen LogP) is 3.61. The van der Waals surface area contributed by atoms with Gasteiger partial charge in [-0.3, -0.25) is 19.5 Å². The van der Waals surface area contributed by atoms with E-state index < -0.39 is 0 Å². The molecule has 9 heteroatoms. The van der Waals surface area contributed by atoms with E-state index in [1.54, 1.807) is 37.6 Å². The quantitative estimate of drug-likeness (QED) is 0.539. The minimum Gasteiger partial charge on any atom is -0.385 e. The zero-order valence-electron chi connectivity index (χ0n) is 19.3. The highest BCUT2D eigenvalue weighted by Crippen LogP contribution is 2.22. The number of methoxy groups -OCH3 is 1. The summed E-state index contributed by atoms with van der Waals surface area (Å²) < 4.78 is 6.99. The lowest BCUT2D eigenvalue weighted by Crippen LogP contribution is -2.31. The lowest BCUT2D eigenvalue weighted by Gasteiger charge is -2.20. The maximum atomic E-state index is 13.1. The average molecular weight is 461 g/mol. The fourth-order valence-electron chi connectivity index (χ4n) is 4.16. The van der Waals surface area contributed by atoms with Crippen molar-refractivity contribution >= 4 is 28.9 Å². The van der Waals surface area contributed by atoms with Gasteiger partial charge in [0.25, 0.3) is 11.8 Å². The zero-order valence-corrected chi connectivity index (χ0v) is 19.3. The number of anilines is 1. The minimum atomic E-state index is -0.374. The van der Waals surface area contributed by atoms with Gasteiger partial charge in [-0.25, -0.2) is 9.97 Å². The van der Waals surface area contributed by atoms with E-state index in [0.717, 1.165) is 38.8 Å². The second-order valence-electron chi connectivity index (χ2n) is 8.35. The molecule has 34 heavy (non-hydrogen) atoms. The zero-order chi connectivity index (χ0) is 23.9. The van der Waals surface area contributed by atoms with Gasteiger partial charge in [-0.15, -0.1) is 0 Å². The summed E-state index contributed by atoms with van der Waals surface area (Å²) in [4.78, 5) is 37.0. The van der Waals surface area contributed by atoms with E-state index in [-0.39, 0.29) is 11.8 Å². The number of hydrogen-bond donors (Lipinski definition) is 1. The molecule has 0 aliphatic carbocycles. The van der Waals surface area contributed by atoms with Crippen molar-refractivity contribution in [2.45, 2.75) is 38.6 Å². The number of fused-ring (bicyclic) bond motifs is 1. The number of nitriles is 1. The average Bonchev–Trinajstić information content (AvgIpc) is 3.02. The lowest BCUT2D eigenvalue weighted by molar-refractivity contribution is 0.0761. The Kier molecular flexibility index (Phi) is 7.50. The number of rotatable bonds is 7. The Balaban J connectivity index is 1.64. The van der Waals surface area contributed by atoms with Gasteiger partial charge < -0.3 is 9.64 Å². The number of nitrogens with zero attached hydrogens (tertiary/aromatic N) is 5. The summed E-state index contributed by atoms with van der Waals surface area (Å²) in [5.41, 5.74) is 2.39. The van der Waals surface area contributed by atoms with Crippen LogP contribution >= 0.6 is 0 Å². The third-order valence-electron chi connectivity index (χ3n) is 5.93. The van der Waals surface area contributed by atoms with Crippen LogP contribution in [-0.2, 0) is 11.3 Å². The third kappa shape index (κ3) is 5.24. The number of pyridine rings is 1. The fraction of sp³-hybridized carbons (Fsp3) is 0.400. The van der Waals surface area contributed by atoms with Crippen LogP contribution in [0.1, 0.15) is 58.4 Å². The van der Waals surface area contributed by atoms with Crippen molar-refractivity contribution < 1.29 is 14.3 Å². The standard InChI is InChI=1S/C25H28N6O3/c1-34-13-7-12-31-22-21(15-20(17-27-22)24(33)30-10-4-2-3-5-11-30)28-25(31)29-23(32)19-9-6-8-18(14-19)16-26/h6,8-9,14-15,17H,2-5,7,10-13H2,1H3,(H,28,29,32). The van der Waals surface area contributed by atoms with E-state index in [2.05, 4.69) is 15.3 Å². The first-order chi connectivity index (χ1) is 16.6. The third-order valence-corrected chi connectivity index (χ3v) is 5.93. The molecule has 3 aromatic rings. The Bertz CT molecular complexity index is 1220. The van der Waals surface area contributed by atoms with Crippen molar-refractivity contribution in [3.05, 3.63) is 53.2 Å². The Morgan fingerprint density at radius 1 is 1.15 bits per heavy atom. The van der Waals surface area contributed by atoms with Crippen molar-refractivity contribution in [2.75, 3.05) is 32.1 Å². The highest BCUT2D eigenvalue weighted by molar-refractivity contribution is 6.04. The Hall–Kier alpha value is -3.77. The van der Waals surface area contributed by atoms with Gasteiger partial charge in [0.1, 0.15) is 5.52 Å². The first-order valence-electron chi connectivity index (χ1n) is 11.6. The molecule has 0 bridgehead atoms. The smallest absolute Gasteiger partial charge is 0.258 e. The molecule has 1 fully saturated rings. The van der Waals surface area contributed by atoms with Crippen molar-refractivity contribution in [2.24, 2.45) is 0 Å². The number of carbonyl (C=O) groups excluding carboxylic acids is 2. The van der Waals surface area contributed by atoms with Crippen LogP contribution < -0.4 is 5.32 Å². The molecule has 9 nitrogen and oxygen atoms in total. The molecule has 2 amide bonds. The van der Waals surface area contributed by atoms with Crippen molar-refractivity contribution in [3.63, 3.8) is 0 Å². The van der Waals surface area contributed by atoms with Crippen LogP contribution in [0.3, 0.4) is 0 Å². The molecule has 1 N–H and O–H groups in total. The van der Waals surface area contributed by atoms with Crippen LogP contribution in [0.4, 0.5) is 5.95 Å². The van der Waals surface area contributed by atoms with Crippen LogP contribution in [0.25, 0.3) is 11.2 Å². The maximum Gasteiger partial charge on any atom is 0.258 e. The molecule has 176 valence electrons. The summed E-state index contributed by atoms with van der Waals surface area (Å²) in [5, 5.41) is 12.0. The molecule has 1 aromatic carbocycles. The summed E-state index contributed by atoms with van der Waals surface area (Å²) in [5.74, 6) is -0.0734. The molecule has 0 radical (unpaired) electrons. The van der Waals surface area contributed by atoms with E-state index >= 15 is 0 Å². The number of likely N-dealkylation sites (tertiary alicyclic amines) is 1. The van der Waals surface area contributed by atoms with Gasteiger partial charge >= 0.3 is 0 Å². The molecule has 0 spiro atoms. The number of aryl methyl sites for hydroxylation is 1. The number of nitrogens with one attached hydrogen (secondary N) is 1. The van der Waals surface area contributed by atoms with Gasteiger partial charge in [-0.2, -0.15) is 5.26 Å². The number of ether oxygens (including phenoxy) is 1. The topological polar surface area (TPSA) is 113 Å². The summed E-state index contributed by atoms with van der Waals surface area (Å²) >= 11 is 0. The first-order valence-corrected chi connectivity index (χ1v) is 11.6. The normalized spacial score (nSPS) is 13.9. The largest absolute Gasteiger partial charge is 0.385 e. The number of amides is 2. The monoisotopic (exact) mass is 460 g/mol. The van der Waals surface area contributed by atoms with Crippen LogP contribution in [-0.4, -0.2) is 58.1 Å². The van der Waals surface area contributed by atoms with Crippen LogP contribution in [0.5, 0.6) is 0 Å². The molecule has 3 heterocycles. The van der Waals surface area contributed by atoms with Gasteiger partial charge in [0, 0.05) is 45.1 Å². The minimum absolute atomic E-state index is 0.0378. The second kappa shape index (κ2) is 10.9. The molecular formula is C25H28N6O3. The Morgan fingerprint density at radius 3 is 2.68 bits per heavy atom. The molecule has 1 aliphatic rings. The highest BCUT2D eigenvalue weighted by Gasteiger charge is 2.21. The highest BCUT2D eigenvalue weighted by atomic mass is 16.5. The molecule has 0 atom stereocenters. The van der Waals surface area contributed by atoms with Gasteiger partial charge in [-0.05, 0) is 43.5 Å². The first kappa shape index (κ1) is 23.4. The van der Waals surface area contributed by atoms with Crippen LogP contribution in [0, 0.1) is 11.3 Å².